The molecule has 0 aromatic heterocycles. The van der Waals surface area contributed by atoms with E-state index in [1.165, 1.54) is 45.2 Å². The maximum atomic E-state index is 14.7. The summed E-state index contributed by atoms with van der Waals surface area (Å²) in [6.07, 6.45) is -7.51. The molecule has 1 aromatic rings. The van der Waals surface area contributed by atoms with Crippen LogP contribution >= 0.6 is 0 Å². The summed E-state index contributed by atoms with van der Waals surface area (Å²) in [6, 6.07) is 6.44. The number of epoxide rings is 1. The van der Waals surface area contributed by atoms with Crippen molar-refractivity contribution in [3.8, 4) is 0 Å². The van der Waals surface area contributed by atoms with E-state index in [0.29, 0.717) is 11.1 Å². The van der Waals surface area contributed by atoms with E-state index < -0.39 is 89.4 Å². The molecule has 274 valence electrons. The molecular weight excluding hydrogens is 665 g/mol. The standard InChI is InChI=1S/C36H43F3O11/c1-19(2)16-27(46-21(4)40)30(47-22(5)41)26-18-45-32(48-23(6)42)29-20(3)17-28(31-34(7,50-31)15-14-25(26)29)49-33(43)35(44-8,36(37,38)39)24-12-10-9-11-13-24/h9-13,16,18,25,27-32H,3,14-15,17H2,1-2,4-8H3/t25-,27+,28-,29+,30-,31+,32-,34+,35+/m1/s1. The smallest absolute Gasteiger partial charge is 0.432 e. The van der Waals surface area contributed by atoms with E-state index in [2.05, 4.69) is 6.58 Å². The maximum Gasteiger partial charge on any atom is 0.432 e. The van der Waals surface area contributed by atoms with Gasteiger partial charge >= 0.3 is 30.1 Å². The predicted molar refractivity (Wildman–Crippen MR) is 170 cm³/mol. The van der Waals surface area contributed by atoms with Gasteiger partial charge in [-0.3, -0.25) is 14.4 Å². The largest absolute Gasteiger partial charge is 0.462 e. The first-order valence-electron chi connectivity index (χ1n) is 16.1. The number of carbonyl (C=O) groups is 4. The van der Waals surface area contributed by atoms with E-state index in [0.717, 1.165) is 24.8 Å². The molecule has 0 spiro atoms. The fraction of sp³-hybridized carbons (Fsp3) is 0.556. The number of hydrogen-bond acceptors (Lipinski definition) is 11. The number of rotatable bonds is 10. The van der Waals surface area contributed by atoms with Gasteiger partial charge in [-0.1, -0.05) is 48.1 Å². The first-order chi connectivity index (χ1) is 23.3. The Labute approximate surface area is 288 Å². The van der Waals surface area contributed by atoms with E-state index in [1.807, 2.05) is 0 Å². The van der Waals surface area contributed by atoms with Crippen molar-refractivity contribution >= 4 is 23.9 Å². The van der Waals surface area contributed by atoms with Gasteiger partial charge in [0, 0.05) is 51.4 Å². The third kappa shape index (κ3) is 8.07. The van der Waals surface area contributed by atoms with Gasteiger partial charge in [0.1, 0.15) is 12.2 Å². The van der Waals surface area contributed by atoms with Crippen molar-refractivity contribution in [3.05, 3.63) is 71.5 Å². The summed E-state index contributed by atoms with van der Waals surface area (Å²) in [5, 5.41) is 0. The Kier molecular flexibility index (Phi) is 11.6. The zero-order valence-electron chi connectivity index (χ0n) is 29.0. The number of fused-ring (bicyclic) bond motifs is 2. The quantitative estimate of drug-likeness (QED) is 0.127. The molecule has 50 heavy (non-hydrogen) atoms. The van der Waals surface area contributed by atoms with Gasteiger partial charge in [0.25, 0.3) is 5.60 Å². The molecule has 0 unspecified atom stereocenters. The highest BCUT2D eigenvalue weighted by molar-refractivity contribution is 5.83. The van der Waals surface area contributed by atoms with Crippen LogP contribution in [0.15, 0.2) is 66.0 Å². The molecule has 0 radical (unpaired) electrons. The molecule has 1 saturated carbocycles. The lowest BCUT2D eigenvalue weighted by molar-refractivity contribution is -0.278. The van der Waals surface area contributed by atoms with Gasteiger partial charge in [0.05, 0.1) is 17.8 Å². The first-order valence-corrected chi connectivity index (χ1v) is 16.1. The molecule has 0 bridgehead atoms. The Morgan fingerprint density at radius 3 is 2.16 bits per heavy atom. The second-order valence-electron chi connectivity index (χ2n) is 13.2. The summed E-state index contributed by atoms with van der Waals surface area (Å²) in [5.74, 6) is -5.19. The van der Waals surface area contributed by atoms with Crippen molar-refractivity contribution in [2.24, 2.45) is 11.8 Å². The summed E-state index contributed by atoms with van der Waals surface area (Å²) >= 11 is 0. The van der Waals surface area contributed by atoms with E-state index >= 15 is 0 Å². The minimum atomic E-state index is -5.21. The molecule has 1 saturated heterocycles. The van der Waals surface area contributed by atoms with Gasteiger partial charge < -0.3 is 33.2 Å². The Balaban J connectivity index is 1.77. The highest BCUT2D eigenvalue weighted by Gasteiger charge is 2.66. The molecule has 1 aromatic carbocycles. The van der Waals surface area contributed by atoms with Gasteiger partial charge in [0.15, 0.2) is 12.2 Å². The molecule has 2 aliphatic heterocycles. The average Bonchev–Trinajstić information content (AvgIpc) is 3.68. The Bertz CT molecular complexity index is 1530. The van der Waals surface area contributed by atoms with E-state index in [9.17, 15) is 32.3 Å². The number of ether oxygens (including phenoxy) is 7. The van der Waals surface area contributed by atoms with Crippen LogP contribution in [0.25, 0.3) is 0 Å². The normalized spacial score (nSPS) is 28.5. The second kappa shape index (κ2) is 15.0. The number of methoxy groups -OCH3 is 1. The number of carbonyl (C=O) groups excluding carboxylic acids is 4. The Morgan fingerprint density at radius 2 is 1.62 bits per heavy atom. The van der Waals surface area contributed by atoms with Crippen molar-refractivity contribution in [2.75, 3.05) is 7.11 Å². The molecule has 1 aliphatic carbocycles. The molecule has 4 rings (SSSR count). The number of esters is 4. The molecule has 2 heterocycles. The number of benzene rings is 1. The summed E-state index contributed by atoms with van der Waals surface area (Å²) in [6.45, 7) is 13.1. The SMILES string of the molecule is C=C1C[C@@H](OC(=O)[C@@](OC)(c2ccccc2)C(F)(F)F)[C@@H]2O[C@@]2(C)CC[C@@H]2C([C@@H](OC(C)=O)[C@H](C=C(C)C)OC(C)=O)=CO[C@H](OC(C)=O)[C@@H]12. The third-order valence-corrected chi connectivity index (χ3v) is 9.09. The lowest BCUT2D eigenvalue weighted by atomic mass is 9.73. The molecule has 3 aliphatic rings. The number of allylic oxidation sites excluding steroid dienone is 1. The lowest BCUT2D eigenvalue weighted by Crippen LogP contribution is -2.53. The molecule has 0 amide bonds. The number of alkyl halides is 3. The van der Waals surface area contributed by atoms with Crippen LogP contribution in [0, 0.1) is 11.8 Å². The highest BCUT2D eigenvalue weighted by atomic mass is 19.4. The predicted octanol–water partition coefficient (Wildman–Crippen LogP) is 5.77. The van der Waals surface area contributed by atoms with Crippen LogP contribution in [0.3, 0.4) is 0 Å². The molecule has 9 atom stereocenters. The van der Waals surface area contributed by atoms with Crippen LogP contribution in [-0.4, -0.2) is 73.5 Å². The van der Waals surface area contributed by atoms with Crippen LogP contribution < -0.4 is 0 Å². The highest BCUT2D eigenvalue weighted by Crippen LogP contribution is 2.53. The van der Waals surface area contributed by atoms with Gasteiger partial charge in [-0.25, -0.2) is 4.79 Å². The van der Waals surface area contributed by atoms with Gasteiger partial charge in [-0.05, 0) is 39.7 Å². The summed E-state index contributed by atoms with van der Waals surface area (Å²) in [5.41, 5.74) is -3.43. The van der Waals surface area contributed by atoms with Gasteiger partial charge in [0.2, 0.25) is 6.29 Å². The second-order valence-corrected chi connectivity index (χ2v) is 13.2. The Morgan fingerprint density at radius 1 is 0.980 bits per heavy atom. The summed E-state index contributed by atoms with van der Waals surface area (Å²) in [4.78, 5) is 50.5. The lowest BCUT2D eigenvalue weighted by Gasteiger charge is -2.41. The van der Waals surface area contributed by atoms with E-state index in [4.69, 9.17) is 33.2 Å². The zero-order valence-corrected chi connectivity index (χ0v) is 29.0. The monoisotopic (exact) mass is 708 g/mol. The van der Waals surface area contributed by atoms with Crippen molar-refractivity contribution in [3.63, 3.8) is 0 Å². The van der Waals surface area contributed by atoms with Crippen molar-refractivity contribution in [1.82, 2.24) is 0 Å². The number of hydrogen-bond donors (Lipinski definition) is 0. The Hall–Kier alpha value is -4.17. The van der Waals surface area contributed by atoms with Crippen molar-refractivity contribution in [1.29, 1.82) is 0 Å². The fourth-order valence-electron chi connectivity index (χ4n) is 6.87. The van der Waals surface area contributed by atoms with Crippen LogP contribution in [0.2, 0.25) is 0 Å². The van der Waals surface area contributed by atoms with Gasteiger partial charge in [-0.15, -0.1) is 0 Å². The summed E-state index contributed by atoms with van der Waals surface area (Å²) < 4.78 is 83.7. The van der Waals surface area contributed by atoms with Crippen molar-refractivity contribution in [2.45, 2.75) is 109 Å². The van der Waals surface area contributed by atoms with E-state index in [1.54, 1.807) is 26.8 Å². The molecule has 11 nitrogen and oxygen atoms in total. The zero-order chi connectivity index (χ0) is 37.2. The van der Waals surface area contributed by atoms with Crippen LogP contribution in [0.1, 0.15) is 66.4 Å². The topological polar surface area (TPSA) is 136 Å². The summed E-state index contributed by atoms with van der Waals surface area (Å²) in [7, 11) is 0.779. The van der Waals surface area contributed by atoms with Crippen LogP contribution in [0.5, 0.6) is 0 Å². The molecule has 14 heteroatoms. The first kappa shape index (κ1) is 38.6. The molecular formula is C36H43F3O11. The average molecular weight is 709 g/mol. The maximum absolute atomic E-state index is 14.7. The molecule has 2 fully saturated rings. The van der Waals surface area contributed by atoms with Crippen LogP contribution in [-0.2, 0) is 57.9 Å². The van der Waals surface area contributed by atoms with Crippen molar-refractivity contribution < 1.29 is 65.5 Å². The molecule has 0 N–H and O–H groups in total. The van der Waals surface area contributed by atoms with Crippen LogP contribution in [0.4, 0.5) is 13.2 Å². The minimum Gasteiger partial charge on any atom is -0.462 e. The van der Waals surface area contributed by atoms with Gasteiger partial charge in [-0.2, -0.15) is 13.2 Å². The van der Waals surface area contributed by atoms with E-state index in [-0.39, 0.29) is 19.3 Å². The minimum absolute atomic E-state index is 0.215. The third-order valence-electron chi connectivity index (χ3n) is 9.09. The fourth-order valence-corrected chi connectivity index (χ4v) is 6.87. The number of halogens is 3.